The number of anilines is 4. The largest absolute Gasteiger partial charge is 0.398 e. The van der Waals surface area contributed by atoms with Gasteiger partial charge in [-0.25, -0.2) is 0 Å². The van der Waals surface area contributed by atoms with Gasteiger partial charge in [-0.1, -0.05) is 0 Å². The number of halogens is 1. The number of rotatable bonds is 5. The summed E-state index contributed by atoms with van der Waals surface area (Å²) >= 11 is 3.55. The first kappa shape index (κ1) is 15.7. The first-order valence-electron chi connectivity index (χ1n) is 7.22. The zero-order chi connectivity index (χ0) is 15.4. The number of nitrogens with one attached hydrogen (secondary N) is 1. The Morgan fingerprint density at radius 3 is 2.29 bits per heavy atom. The van der Waals surface area contributed by atoms with Gasteiger partial charge in [-0.05, 0) is 78.7 Å². The summed E-state index contributed by atoms with van der Waals surface area (Å²) in [5.41, 5.74) is 11.1. The fraction of sp³-hybridized carbons (Fsp3) is 0.294. The molecule has 0 unspecified atom stereocenters. The van der Waals surface area contributed by atoms with Crippen molar-refractivity contribution in [3.8, 4) is 0 Å². The summed E-state index contributed by atoms with van der Waals surface area (Å²) in [6.07, 6.45) is 0. The molecule has 4 heteroatoms. The van der Waals surface area contributed by atoms with E-state index in [1.807, 2.05) is 13.0 Å². The van der Waals surface area contributed by atoms with Gasteiger partial charge < -0.3 is 16.0 Å². The maximum absolute atomic E-state index is 5.90. The summed E-state index contributed by atoms with van der Waals surface area (Å²) < 4.78 is 0.971. The molecule has 0 radical (unpaired) electrons. The molecule has 0 bridgehead atoms. The fourth-order valence-corrected chi connectivity index (χ4v) is 2.75. The third-order valence-corrected chi connectivity index (χ3v) is 4.29. The predicted molar refractivity (Wildman–Crippen MR) is 96.6 cm³/mol. The van der Waals surface area contributed by atoms with Crippen molar-refractivity contribution in [1.82, 2.24) is 0 Å². The summed E-state index contributed by atoms with van der Waals surface area (Å²) in [6, 6.07) is 12.5. The lowest BCUT2D eigenvalue weighted by Crippen LogP contribution is -2.21. The Morgan fingerprint density at radius 1 is 1.10 bits per heavy atom. The molecule has 0 saturated carbocycles. The Bertz CT molecular complexity index is 604. The molecular formula is C17H22BrN3. The van der Waals surface area contributed by atoms with Crippen molar-refractivity contribution < 1.29 is 0 Å². The van der Waals surface area contributed by atoms with E-state index in [9.17, 15) is 0 Å². The van der Waals surface area contributed by atoms with Gasteiger partial charge in [0, 0.05) is 34.6 Å². The number of aryl methyl sites for hydroxylation is 1. The van der Waals surface area contributed by atoms with Crippen LogP contribution in [0.5, 0.6) is 0 Å². The molecular weight excluding hydrogens is 326 g/mol. The summed E-state index contributed by atoms with van der Waals surface area (Å²) in [5.74, 6) is 0. The van der Waals surface area contributed by atoms with Crippen molar-refractivity contribution in [1.29, 1.82) is 0 Å². The second-order valence-corrected chi connectivity index (χ2v) is 5.89. The standard InChI is InChI=1S/C17H22BrN3/c1-4-21(5-2)14-8-6-13(7-9-14)20-17-10-12(3)16(19)11-15(17)18/h6-11,20H,4-5,19H2,1-3H3. The van der Waals surface area contributed by atoms with Crippen LogP contribution in [0.3, 0.4) is 0 Å². The molecule has 0 heterocycles. The molecule has 0 fully saturated rings. The van der Waals surface area contributed by atoms with E-state index >= 15 is 0 Å². The smallest absolute Gasteiger partial charge is 0.0532 e. The maximum Gasteiger partial charge on any atom is 0.0532 e. The Kier molecular flexibility index (Phi) is 5.12. The molecule has 0 aromatic heterocycles. The molecule has 2 aromatic carbocycles. The molecule has 3 N–H and O–H groups in total. The van der Waals surface area contributed by atoms with E-state index in [0.717, 1.165) is 40.2 Å². The highest BCUT2D eigenvalue weighted by molar-refractivity contribution is 9.10. The second-order valence-electron chi connectivity index (χ2n) is 5.03. The van der Waals surface area contributed by atoms with E-state index in [0.29, 0.717) is 0 Å². The van der Waals surface area contributed by atoms with Crippen LogP contribution >= 0.6 is 15.9 Å². The van der Waals surface area contributed by atoms with Gasteiger partial charge in [0.1, 0.15) is 0 Å². The SMILES string of the molecule is CCN(CC)c1ccc(Nc2cc(C)c(N)cc2Br)cc1. The van der Waals surface area contributed by atoms with Crippen LogP contribution in [0.1, 0.15) is 19.4 Å². The van der Waals surface area contributed by atoms with Crippen LogP contribution in [-0.4, -0.2) is 13.1 Å². The maximum atomic E-state index is 5.90. The van der Waals surface area contributed by atoms with Crippen LogP contribution in [0.25, 0.3) is 0 Å². The zero-order valence-electron chi connectivity index (χ0n) is 12.8. The van der Waals surface area contributed by atoms with Crippen molar-refractivity contribution in [2.75, 3.05) is 29.0 Å². The molecule has 0 saturated heterocycles. The molecule has 0 atom stereocenters. The predicted octanol–water partition coefficient (Wildman–Crippen LogP) is 4.93. The third-order valence-electron chi connectivity index (χ3n) is 3.63. The van der Waals surface area contributed by atoms with Crippen molar-refractivity contribution >= 4 is 38.7 Å². The number of nitrogens with zero attached hydrogens (tertiary/aromatic N) is 1. The summed E-state index contributed by atoms with van der Waals surface area (Å²) in [7, 11) is 0. The summed E-state index contributed by atoms with van der Waals surface area (Å²) in [4.78, 5) is 2.33. The lowest BCUT2D eigenvalue weighted by atomic mass is 10.1. The molecule has 0 aliphatic carbocycles. The van der Waals surface area contributed by atoms with E-state index in [1.165, 1.54) is 5.69 Å². The highest BCUT2D eigenvalue weighted by atomic mass is 79.9. The van der Waals surface area contributed by atoms with Crippen LogP contribution in [0.15, 0.2) is 40.9 Å². The quantitative estimate of drug-likeness (QED) is 0.753. The number of hydrogen-bond acceptors (Lipinski definition) is 3. The van der Waals surface area contributed by atoms with E-state index in [4.69, 9.17) is 5.73 Å². The van der Waals surface area contributed by atoms with Crippen LogP contribution < -0.4 is 16.0 Å². The van der Waals surface area contributed by atoms with Crippen LogP contribution in [0.4, 0.5) is 22.7 Å². The van der Waals surface area contributed by atoms with Gasteiger partial charge in [-0.2, -0.15) is 0 Å². The molecule has 0 aliphatic rings. The number of hydrogen-bond donors (Lipinski definition) is 2. The van der Waals surface area contributed by atoms with E-state index < -0.39 is 0 Å². The van der Waals surface area contributed by atoms with Crippen molar-refractivity contribution in [3.63, 3.8) is 0 Å². The van der Waals surface area contributed by atoms with Gasteiger partial charge in [0.2, 0.25) is 0 Å². The second kappa shape index (κ2) is 6.85. The van der Waals surface area contributed by atoms with Crippen molar-refractivity contribution in [2.45, 2.75) is 20.8 Å². The highest BCUT2D eigenvalue weighted by Gasteiger charge is 2.05. The number of nitrogen functional groups attached to an aromatic ring is 1. The van der Waals surface area contributed by atoms with E-state index in [1.54, 1.807) is 0 Å². The van der Waals surface area contributed by atoms with Crippen molar-refractivity contribution in [2.24, 2.45) is 0 Å². The minimum Gasteiger partial charge on any atom is -0.398 e. The lowest BCUT2D eigenvalue weighted by Gasteiger charge is -2.21. The average Bonchev–Trinajstić information content (AvgIpc) is 2.48. The molecule has 2 rings (SSSR count). The zero-order valence-corrected chi connectivity index (χ0v) is 14.4. The minimum absolute atomic E-state index is 0.796. The van der Waals surface area contributed by atoms with Crippen LogP contribution in [0.2, 0.25) is 0 Å². The fourth-order valence-electron chi connectivity index (χ4n) is 2.29. The molecule has 2 aromatic rings. The molecule has 21 heavy (non-hydrogen) atoms. The minimum atomic E-state index is 0.796. The molecule has 3 nitrogen and oxygen atoms in total. The molecule has 0 spiro atoms. The molecule has 0 aliphatic heterocycles. The van der Waals surface area contributed by atoms with E-state index in [2.05, 4.69) is 70.3 Å². The van der Waals surface area contributed by atoms with Gasteiger partial charge in [-0.3, -0.25) is 0 Å². The van der Waals surface area contributed by atoms with Crippen molar-refractivity contribution in [3.05, 3.63) is 46.4 Å². The number of benzene rings is 2. The molecule has 112 valence electrons. The third kappa shape index (κ3) is 3.70. The first-order valence-corrected chi connectivity index (χ1v) is 8.02. The number of nitrogens with two attached hydrogens (primary N) is 1. The van der Waals surface area contributed by atoms with Crippen LogP contribution in [-0.2, 0) is 0 Å². The first-order chi connectivity index (χ1) is 10.0. The Labute approximate surface area is 135 Å². The Balaban J connectivity index is 2.19. The lowest BCUT2D eigenvalue weighted by molar-refractivity contribution is 0.866. The van der Waals surface area contributed by atoms with E-state index in [-0.39, 0.29) is 0 Å². The molecule has 0 amide bonds. The Morgan fingerprint density at radius 2 is 1.71 bits per heavy atom. The highest BCUT2D eigenvalue weighted by Crippen LogP contribution is 2.30. The van der Waals surface area contributed by atoms with Crippen LogP contribution in [0, 0.1) is 6.92 Å². The van der Waals surface area contributed by atoms with Gasteiger partial charge >= 0.3 is 0 Å². The van der Waals surface area contributed by atoms with Gasteiger partial charge in [0.05, 0.1) is 5.69 Å². The van der Waals surface area contributed by atoms with Gasteiger partial charge in [0.25, 0.3) is 0 Å². The van der Waals surface area contributed by atoms with Gasteiger partial charge in [-0.15, -0.1) is 0 Å². The Hall–Kier alpha value is -1.68. The monoisotopic (exact) mass is 347 g/mol. The van der Waals surface area contributed by atoms with Gasteiger partial charge in [0.15, 0.2) is 0 Å². The normalized spacial score (nSPS) is 10.5. The summed E-state index contributed by atoms with van der Waals surface area (Å²) in [5, 5.41) is 3.42. The summed E-state index contributed by atoms with van der Waals surface area (Å²) in [6.45, 7) is 8.39. The average molecular weight is 348 g/mol. The topological polar surface area (TPSA) is 41.3 Å².